The SMILES string of the molecule is Cc1ccc(Oc2ncnc3c2oc2ccccc23)cc1C. The zero-order valence-electron chi connectivity index (χ0n) is 12.3. The van der Waals surface area contributed by atoms with Crippen molar-refractivity contribution in [2.45, 2.75) is 13.8 Å². The Morgan fingerprint density at radius 3 is 2.68 bits per heavy atom. The molecule has 108 valence electrons. The Labute approximate surface area is 127 Å². The fourth-order valence-electron chi connectivity index (χ4n) is 2.46. The van der Waals surface area contributed by atoms with E-state index in [9.17, 15) is 0 Å². The molecule has 0 saturated carbocycles. The van der Waals surface area contributed by atoms with Gasteiger partial charge >= 0.3 is 0 Å². The van der Waals surface area contributed by atoms with Crippen LogP contribution in [0.4, 0.5) is 0 Å². The Morgan fingerprint density at radius 2 is 1.82 bits per heavy atom. The summed E-state index contributed by atoms with van der Waals surface area (Å²) in [5, 5.41) is 0.963. The number of ether oxygens (including phenoxy) is 1. The first kappa shape index (κ1) is 12.8. The summed E-state index contributed by atoms with van der Waals surface area (Å²) in [7, 11) is 0. The summed E-state index contributed by atoms with van der Waals surface area (Å²) in [5.41, 5.74) is 4.52. The average molecular weight is 290 g/mol. The number of para-hydroxylation sites is 1. The van der Waals surface area contributed by atoms with E-state index in [1.807, 2.05) is 42.5 Å². The average Bonchev–Trinajstić information content (AvgIpc) is 2.91. The quantitative estimate of drug-likeness (QED) is 0.533. The monoisotopic (exact) mass is 290 g/mol. The van der Waals surface area contributed by atoms with Gasteiger partial charge in [0.1, 0.15) is 23.2 Å². The fourth-order valence-corrected chi connectivity index (χ4v) is 2.46. The van der Waals surface area contributed by atoms with Crippen LogP contribution in [0.1, 0.15) is 11.1 Å². The number of fused-ring (bicyclic) bond motifs is 3. The van der Waals surface area contributed by atoms with E-state index in [1.165, 1.54) is 17.5 Å². The molecule has 0 aliphatic carbocycles. The Hall–Kier alpha value is -2.88. The Kier molecular flexibility index (Phi) is 2.82. The first-order valence-corrected chi connectivity index (χ1v) is 7.10. The number of hydrogen-bond acceptors (Lipinski definition) is 4. The highest BCUT2D eigenvalue weighted by Crippen LogP contribution is 2.33. The molecule has 0 aliphatic heterocycles. The molecular formula is C18H14N2O2. The second kappa shape index (κ2) is 4.84. The highest BCUT2D eigenvalue weighted by molar-refractivity contribution is 6.03. The van der Waals surface area contributed by atoms with E-state index >= 15 is 0 Å². The van der Waals surface area contributed by atoms with Crippen LogP contribution >= 0.6 is 0 Å². The van der Waals surface area contributed by atoms with Crippen molar-refractivity contribution in [2.75, 3.05) is 0 Å². The standard InChI is InChI=1S/C18H14N2O2/c1-11-7-8-13(9-12(11)2)21-18-17-16(19-10-20-18)14-5-3-4-6-15(14)22-17/h3-10H,1-2H3. The molecule has 2 aromatic carbocycles. The first-order valence-electron chi connectivity index (χ1n) is 7.10. The minimum atomic E-state index is 0.435. The van der Waals surface area contributed by atoms with Crippen molar-refractivity contribution < 1.29 is 9.15 Å². The lowest BCUT2D eigenvalue weighted by Gasteiger charge is -2.06. The molecule has 0 bridgehead atoms. The van der Waals surface area contributed by atoms with Crippen LogP contribution in [0.3, 0.4) is 0 Å². The minimum Gasteiger partial charge on any atom is -0.449 e. The van der Waals surface area contributed by atoms with Gasteiger partial charge in [0.2, 0.25) is 5.58 Å². The molecule has 4 heteroatoms. The van der Waals surface area contributed by atoms with Gasteiger partial charge in [-0.15, -0.1) is 0 Å². The summed E-state index contributed by atoms with van der Waals surface area (Å²) in [6.07, 6.45) is 1.50. The molecule has 2 aromatic heterocycles. The van der Waals surface area contributed by atoms with Crippen LogP contribution in [0.5, 0.6) is 11.6 Å². The largest absolute Gasteiger partial charge is 0.449 e. The molecule has 22 heavy (non-hydrogen) atoms. The van der Waals surface area contributed by atoms with Crippen LogP contribution in [-0.2, 0) is 0 Å². The smallest absolute Gasteiger partial charge is 0.267 e. The lowest BCUT2D eigenvalue weighted by atomic mass is 10.1. The Bertz CT molecular complexity index is 989. The molecule has 0 aliphatic rings. The third-order valence-electron chi connectivity index (χ3n) is 3.82. The van der Waals surface area contributed by atoms with E-state index in [4.69, 9.17) is 9.15 Å². The fraction of sp³-hybridized carbons (Fsp3) is 0.111. The van der Waals surface area contributed by atoms with Gasteiger partial charge in [-0.3, -0.25) is 0 Å². The van der Waals surface area contributed by atoms with Gasteiger partial charge in [0.05, 0.1) is 0 Å². The normalized spacial score (nSPS) is 11.2. The molecule has 0 radical (unpaired) electrons. The van der Waals surface area contributed by atoms with Crippen LogP contribution in [0.25, 0.3) is 22.1 Å². The summed E-state index contributed by atoms with van der Waals surface area (Å²) in [4.78, 5) is 8.54. The first-order chi connectivity index (χ1) is 10.7. The van der Waals surface area contributed by atoms with Crippen LogP contribution in [0.15, 0.2) is 53.2 Å². The van der Waals surface area contributed by atoms with Gasteiger partial charge < -0.3 is 9.15 Å². The Balaban J connectivity index is 1.86. The molecule has 0 N–H and O–H groups in total. The van der Waals surface area contributed by atoms with Crippen molar-refractivity contribution in [2.24, 2.45) is 0 Å². The molecule has 0 atom stereocenters. The second-order valence-electron chi connectivity index (χ2n) is 5.30. The molecule has 0 saturated heterocycles. The van der Waals surface area contributed by atoms with Gasteiger partial charge in [-0.1, -0.05) is 18.2 Å². The predicted molar refractivity (Wildman–Crippen MR) is 85.3 cm³/mol. The molecular weight excluding hydrogens is 276 g/mol. The van der Waals surface area contributed by atoms with Crippen molar-refractivity contribution in [3.05, 3.63) is 59.9 Å². The van der Waals surface area contributed by atoms with Gasteiger partial charge in [0, 0.05) is 5.39 Å². The topological polar surface area (TPSA) is 48.2 Å². The van der Waals surface area contributed by atoms with Crippen LogP contribution in [-0.4, -0.2) is 9.97 Å². The number of rotatable bonds is 2. The third kappa shape index (κ3) is 2.00. The highest BCUT2D eigenvalue weighted by Gasteiger charge is 2.14. The van der Waals surface area contributed by atoms with E-state index in [-0.39, 0.29) is 0 Å². The molecule has 0 spiro atoms. The van der Waals surface area contributed by atoms with Gasteiger partial charge in [0.15, 0.2) is 0 Å². The lowest BCUT2D eigenvalue weighted by Crippen LogP contribution is -1.91. The molecule has 2 heterocycles. The van der Waals surface area contributed by atoms with E-state index in [1.54, 1.807) is 0 Å². The maximum atomic E-state index is 5.91. The van der Waals surface area contributed by atoms with Crippen molar-refractivity contribution in [1.29, 1.82) is 0 Å². The van der Waals surface area contributed by atoms with Gasteiger partial charge in [0.25, 0.3) is 5.88 Å². The number of aromatic nitrogens is 2. The minimum absolute atomic E-state index is 0.435. The molecule has 0 amide bonds. The Morgan fingerprint density at radius 1 is 0.955 bits per heavy atom. The molecule has 0 fully saturated rings. The van der Waals surface area contributed by atoms with E-state index in [0.717, 1.165) is 22.2 Å². The van der Waals surface area contributed by atoms with Crippen molar-refractivity contribution in [1.82, 2.24) is 9.97 Å². The third-order valence-corrected chi connectivity index (χ3v) is 3.82. The molecule has 4 aromatic rings. The molecule has 0 unspecified atom stereocenters. The van der Waals surface area contributed by atoms with Gasteiger partial charge in [-0.05, 0) is 49.2 Å². The number of aryl methyl sites for hydroxylation is 2. The van der Waals surface area contributed by atoms with Crippen molar-refractivity contribution in [3.63, 3.8) is 0 Å². The number of nitrogens with zero attached hydrogens (tertiary/aromatic N) is 2. The summed E-state index contributed by atoms with van der Waals surface area (Å²) in [6, 6.07) is 13.7. The van der Waals surface area contributed by atoms with E-state index in [0.29, 0.717) is 11.5 Å². The molecule has 4 nitrogen and oxygen atoms in total. The van der Waals surface area contributed by atoms with Gasteiger partial charge in [-0.2, -0.15) is 4.98 Å². The predicted octanol–water partition coefficient (Wildman–Crippen LogP) is 4.79. The van der Waals surface area contributed by atoms with Crippen molar-refractivity contribution in [3.8, 4) is 11.6 Å². The number of benzene rings is 2. The summed E-state index contributed by atoms with van der Waals surface area (Å²) in [6.45, 7) is 4.13. The maximum Gasteiger partial charge on any atom is 0.267 e. The molecule has 4 rings (SSSR count). The van der Waals surface area contributed by atoms with E-state index < -0.39 is 0 Å². The second-order valence-corrected chi connectivity index (χ2v) is 5.30. The zero-order chi connectivity index (χ0) is 15.1. The van der Waals surface area contributed by atoms with Crippen LogP contribution in [0, 0.1) is 13.8 Å². The number of furan rings is 1. The van der Waals surface area contributed by atoms with Gasteiger partial charge in [-0.25, -0.2) is 4.98 Å². The zero-order valence-corrected chi connectivity index (χ0v) is 12.3. The highest BCUT2D eigenvalue weighted by atomic mass is 16.5. The van der Waals surface area contributed by atoms with Crippen molar-refractivity contribution >= 4 is 22.1 Å². The summed E-state index contributed by atoms with van der Waals surface area (Å²) in [5.74, 6) is 1.17. The lowest BCUT2D eigenvalue weighted by molar-refractivity contribution is 0.456. The van der Waals surface area contributed by atoms with Crippen LogP contribution < -0.4 is 4.74 Å². The van der Waals surface area contributed by atoms with Crippen LogP contribution in [0.2, 0.25) is 0 Å². The number of hydrogen-bond donors (Lipinski definition) is 0. The maximum absolute atomic E-state index is 5.91. The summed E-state index contributed by atoms with van der Waals surface area (Å²) < 4.78 is 11.8. The summed E-state index contributed by atoms with van der Waals surface area (Å²) >= 11 is 0. The van der Waals surface area contributed by atoms with E-state index in [2.05, 4.69) is 23.8 Å².